The molecule has 0 saturated carbocycles. The standard InChI is InChI=1S/C40H27NO/c1-2-13-32(14-3-1)41(33-23-20-29(21-24-33)36-18-9-11-28-10-4-5-16-35(28)36)34-15-8-12-30(26-34)31-22-25-40-38(27-31)37-17-6-7-19-39(37)42-40/h1-27H. The summed E-state index contributed by atoms with van der Waals surface area (Å²) in [6.45, 7) is 0. The molecule has 0 aliphatic rings. The number of furan rings is 1. The zero-order valence-electron chi connectivity index (χ0n) is 22.9. The van der Waals surface area contributed by atoms with Crippen LogP contribution in [0.25, 0.3) is 55.0 Å². The monoisotopic (exact) mass is 537 g/mol. The SMILES string of the molecule is c1ccc(N(c2ccc(-c3cccc4ccccc34)cc2)c2cccc(-c3ccc4oc5ccccc5c4c3)c2)cc1. The Bertz CT molecular complexity index is 2190. The summed E-state index contributed by atoms with van der Waals surface area (Å²) in [6.07, 6.45) is 0. The molecule has 2 nitrogen and oxygen atoms in total. The molecular weight excluding hydrogens is 510 g/mol. The van der Waals surface area contributed by atoms with Gasteiger partial charge >= 0.3 is 0 Å². The lowest BCUT2D eigenvalue weighted by atomic mass is 9.98. The van der Waals surface area contributed by atoms with Crippen molar-refractivity contribution in [3.8, 4) is 22.3 Å². The van der Waals surface area contributed by atoms with Crippen molar-refractivity contribution in [2.75, 3.05) is 4.90 Å². The van der Waals surface area contributed by atoms with Gasteiger partial charge in [0.25, 0.3) is 0 Å². The Morgan fingerprint density at radius 3 is 1.86 bits per heavy atom. The number of fused-ring (bicyclic) bond motifs is 4. The number of anilines is 3. The van der Waals surface area contributed by atoms with E-state index < -0.39 is 0 Å². The second-order valence-corrected chi connectivity index (χ2v) is 10.6. The van der Waals surface area contributed by atoms with Crippen molar-refractivity contribution in [3.05, 3.63) is 164 Å². The summed E-state index contributed by atoms with van der Waals surface area (Å²) in [7, 11) is 0. The highest BCUT2D eigenvalue weighted by molar-refractivity contribution is 6.06. The Kier molecular flexibility index (Phi) is 5.82. The fourth-order valence-corrected chi connectivity index (χ4v) is 6.02. The van der Waals surface area contributed by atoms with Crippen molar-refractivity contribution in [1.82, 2.24) is 0 Å². The van der Waals surface area contributed by atoms with Crippen molar-refractivity contribution in [2.24, 2.45) is 0 Å². The van der Waals surface area contributed by atoms with Gasteiger partial charge in [0.15, 0.2) is 0 Å². The maximum atomic E-state index is 6.08. The Morgan fingerprint density at radius 1 is 0.357 bits per heavy atom. The second-order valence-electron chi connectivity index (χ2n) is 10.6. The van der Waals surface area contributed by atoms with Crippen molar-refractivity contribution in [3.63, 3.8) is 0 Å². The number of hydrogen-bond donors (Lipinski definition) is 0. The van der Waals surface area contributed by atoms with Crippen LogP contribution in [0.1, 0.15) is 0 Å². The molecule has 0 fully saturated rings. The molecule has 2 heteroatoms. The van der Waals surface area contributed by atoms with Crippen molar-refractivity contribution in [1.29, 1.82) is 0 Å². The number of para-hydroxylation sites is 2. The predicted molar refractivity (Wildman–Crippen MR) is 177 cm³/mol. The lowest BCUT2D eigenvalue weighted by molar-refractivity contribution is 0.669. The molecule has 1 aromatic heterocycles. The average Bonchev–Trinajstić information content (AvgIpc) is 3.44. The van der Waals surface area contributed by atoms with Gasteiger partial charge in [0.1, 0.15) is 11.2 Å². The van der Waals surface area contributed by atoms with Gasteiger partial charge in [-0.25, -0.2) is 0 Å². The molecule has 7 aromatic carbocycles. The van der Waals surface area contributed by atoms with E-state index in [4.69, 9.17) is 4.42 Å². The molecule has 8 aromatic rings. The van der Waals surface area contributed by atoms with Gasteiger partial charge in [-0.15, -0.1) is 0 Å². The van der Waals surface area contributed by atoms with E-state index in [0.29, 0.717) is 0 Å². The summed E-state index contributed by atoms with van der Waals surface area (Å²) in [5.41, 5.74) is 9.93. The van der Waals surface area contributed by atoms with Crippen LogP contribution in [0.2, 0.25) is 0 Å². The van der Waals surface area contributed by atoms with Gasteiger partial charge in [-0.05, 0) is 87.6 Å². The highest BCUT2D eigenvalue weighted by Crippen LogP contribution is 2.39. The van der Waals surface area contributed by atoms with Crippen LogP contribution >= 0.6 is 0 Å². The van der Waals surface area contributed by atoms with E-state index in [1.54, 1.807) is 0 Å². The zero-order chi connectivity index (χ0) is 27.9. The van der Waals surface area contributed by atoms with Crippen LogP contribution in [0.5, 0.6) is 0 Å². The zero-order valence-corrected chi connectivity index (χ0v) is 22.9. The summed E-state index contributed by atoms with van der Waals surface area (Å²) < 4.78 is 6.08. The van der Waals surface area contributed by atoms with Crippen LogP contribution in [0.4, 0.5) is 17.1 Å². The third kappa shape index (κ3) is 4.22. The first-order valence-corrected chi connectivity index (χ1v) is 14.3. The van der Waals surface area contributed by atoms with Crippen LogP contribution in [-0.2, 0) is 0 Å². The largest absolute Gasteiger partial charge is 0.456 e. The molecule has 8 rings (SSSR count). The van der Waals surface area contributed by atoms with E-state index in [-0.39, 0.29) is 0 Å². The molecule has 0 radical (unpaired) electrons. The van der Waals surface area contributed by atoms with E-state index in [0.717, 1.165) is 50.1 Å². The third-order valence-electron chi connectivity index (χ3n) is 8.05. The first-order valence-electron chi connectivity index (χ1n) is 14.3. The third-order valence-corrected chi connectivity index (χ3v) is 8.05. The minimum absolute atomic E-state index is 0.910. The fourth-order valence-electron chi connectivity index (χ4n) is 6.02. The normalized spacial score (nSPS) is 11.3. The molecule has 0 aliphatic heterocycles. The Balaban J connectivity index is 1.21. The predicted octanol–water partition coefficient (Wildman–Crippen LogP) is 11.5. The minimum atomic E-state index is 0.910. The van der Waals surface area contributed by atoms with E-state index in [2.05, 4.69) is 157 Å². The molecule has 1 heterocycles. The Hall–Kier alpha value is -5.60. The van der Waals surface area contributed by atoms with Crippen LogP contribution in [0.3, 0.4) is 0 Å². The van der Waals surface area contributed by atoms with Crippen LogP contribution in [0.15, 0.2) is 168 Å². The molecule has 198 valence electrons. The molecular formula is C40H27NO. The van der Waals surface area contributed by atoms with Crippen molar-refractivity contribution >= 4 is 49.8 Å². The molecule has 0 saturated heterocycles. The topological polar surface area (TPSA) is 16.4 Å². The molecule has 0 bridgehead atoms. The maximum absolute atomic E-state index is 6.08. The number of rotatable bonds is 5. The van der Waals surface area contributed by atoms with Crippen LogP contribution in [-0.4, -0.2) is 0 Å². The van der Waals surface area contributed by atoms with Crippen LogP contribution < -0.4 is 4.90 Å². The smallest absolute Gasteiger partial charge is 0.135 e. The van der Waals surface area contributed by atoms with Gasteiger partial charge in [-0.3, -0.25) is 0 Å². The average molecular weight is 538 g/mol. The summed E-state index contributed by atoms with van der Waals surface area (Å²) in [6, 6.07) is 58.0. The van der Waals surface area contributed by atoms with E-state index in [1.807, 2.05) is 12.1 Å². The molecule has 0 spiro atoms. The molecule has 42 heavy (non-hydrogen) atoms. The minimum Gasteiger partial charge on any atom is -0.456 e. The van der Waals surface area contributed by atoms with E-state index in [1.165, 1.54) is 21.9 Å². The Labute approximate surface area is 244 Å². The van der Waals surface area contributed by atoms with Gasteiger partial charge in [-0.1, -0.05) is 109 Å². The van der Waals surface area contributed by atoms with Crippen LogP contribution in [0, 0.1) is 0 Å². The summed E-state index contributed by atoms with van der Waals surface area (Å²) >= 11 is 0. The molecule has 0 aliphatic carbocycles. The van der Waals surface area contributed by atoms with Crippen molar-refractivity contribution < 1.29 is 4.42 Å². The fraction of sp³-hybridized carbons (Fsp3) is 0. The van der Waals surface area contributed by atoms with E-state index >= 15 is 0 Å². The lowest BCUT2D eigenvalue weighted by Crippen LogP contribution is -2.09. The van der Waals surface area contributed by atoms with Gasteiger partial charge in [0.2, 0.25) is 0 Å². The second kappa shape index (κ2) is 10.1. The number of benzene rings is 7. The van der Waals surface area contributed by atoms with E-state index in [9.17, 15) is 0 Å². The van der Waals surface area contributed by atoms with Crippen molar-refractivity contribution in [2.45, 2.75) is 0 Å². The maximum Gasteiger partial charge on any atom is 0.135 e. The van der Waals surface area contributed by atoms with Gasteiger partial charge in [-0.2, -0.15) is 0 Å². The Morgan fingerprint density at radius 2 is 0.976 bits per heavy atom. The van der Waals surface area contributed by atoms with Gasteiger partial charge < -0.3 is 9.32 Å². The number of nitrogens with zero attached hydrogens (tertiary/aromatic N) is 1. The summed E-state index contributed by atoms with van der Waals surface area (Å²) in [5.74, 6) is 0. The molecule has 0 amide bonds. The molecule has 0 unspecified atom stereocenters. The molecule has 0 atom stereocenters. The summed E-state index contributed by atoms with van der Waals surface area (Å²) in [5, 5.41) is 4.80. The lowest BCUT2D eigenvalue weighted by Gasteiger charge is -2.26. The number of hydrogen-bond acceptors (Lipinski definition) is 2. The van der Waals surface area contributed by atoms with Gasteiger partial charge in [0.05, 0.1) is 0 Å². The quantitative estimate of drug-likeness (QED) is 0.217. The molecule has 0 N–H and O–H groups in total. The highest BCUT2D eigenvalue weighted by atomic mass is 16.3. The summed E-state index contributed by atoms with van der Waals surface area (Å²) in [4.78, 5) is 2.32. The first kappa shape index (κ1) is 24.2. The highest BCUT2D eigenvalue weighted by Gasteiger charge is 2.15. The van der Waals surface area contributed by atoms with Gasteiger partial charge in [0, 0.05) is 27.8 Å². The first-order chi connectivity index (χ1) is 20.8.